The van der Waals surface area contributed by atoms with Gasteiger partial charge in [-0.2, -0.15) is 0 Å². The molecular weight excluding hydrogens is 392 g/mol. The lowest BCUT2D eigenvalue weighted by atomic mass is 10.1. The minimum atomic E-state index is 0.141. The van der Waals surface area contributed by atoms with Gasteiger partial charge in [0.05, 0.1) is 0 Å². The fourth-order valence-electron chi connectivity index (χ4n) is 2.68. The van der Waals surface area contributed by atoms with E-state index < -0.39 is 0 Å². The lowest BCUT2D eigenvalue weighted by molar-refractivity contribution is -0.130. The molecule has 1 amide bonds. The number of halogens is 2. The predicted molar refractivity (Wildman–Crippen MR) is 103 cm³/mol. The standard InChI is InChI=1S/C17H24BrClN4O/c1-3-20-17(23-10-8-22(9-11-23)13(2)24)21-7-6-14-12-15(19)4-5-16(14)18/h4-5,12H,3,6-11H2,1-2H3,(H,20,21). The van der Waals surface area contributed by atoms with Crippen molar-refractivity contribution in [3.05, 3.63) is 33.3 Å². The van der Waals surface area contributed by atoms with E-state index in [4.69, 9.17) is 16.6 Å². The van der Waals surface area contributed by atoms with E-state index in [1.807, 2.05) is 23.1 Å². The van der Waals surface area contributed by atoms with Gasteiger partial charge < -0.3 is 15.1 Å². The fourth-order valence-corrected chi connectivity index (χ4v) is 3.32. The molecule has 1 aromatic carbocycles. The van der Waals surface area contributed by atoms with Crippen LogP contribution in [0.5, 0.6) is 0 Å². The van der Waals surface area contributed by atoms with Crippen LogP contribution in [0.2, 0.25) is 5.02 Å². The van der Waals surface area contributed by atoms with E-state index in [0.717, 1.165) is 60.2 Å². The number of carbonyl (C=O) groups is 1. The van der Waals surface area contributed by atoms with Crippen LogP contribution in [0.3, 0.4) is 0 Å². The van der Waals surface area contributed by atoms with Crippen molar-refractivity contribution in [3.8, 4) is 0 Å². The van der Waals surface area contributed by atoms with E-state index in [0.29, 0.717) is 6.54 Å². The van der Waals surface area contributed by atoms with Crippen molar-refractivity contribution >= 4 is 39.4 Å². The van der Waals surface area contributed by atoms with Crippen molar-refractivity contribution in [2.45, 2.75) is 20.3 Å². The van der Waals surface area contributed by atoms with Crippen molar-refractivity contribution in [1.82, 2.24) is 15.1 Å². The zero-order valence-electron chi connectivity index (χ0n) is 14.2. The van der Waals surface area contributed by atoms with Crippen LogP contribution in [0.4, 0.5) is 0 Å². The number of hydrogen-bond donors (Lipinski definition) is 1. The molecule has 1 fully saturated rings. The van der Waals surface area contributed by atoms with Crippen LogP contribution < -0.4 is 5.32 Å². The molecule has 0 spiro atoms. The molecule has 0 aliphatic carbocycles. The van der Waals surface area contributed by atoms with E-state index in [1.165, 1.54) is 0 Å². The van der Waals surface area contributed by atoms with Gasteiger partial charge in [0.2, 0.25) is 5.91 Å². The monoisotopic (exact) mass is 414 g/mol. The van der Waals surface area contributed by atoms with E-state index in [2.05, 4.69) is 33.1 Å². The molecule has 7 heteroatoms. The minimum Gasteiger partial charge on any atom is -0.357 e. The summed E-state index contributed by atoms with van der Waals surface area (Å²) >= 11 is 9.61. The zero-order valence-corrected chi connectivity index (χ0v) is 16.5. The number of amides is 1. The van der Waals surface area contributed by atoms with Gasteiger partial charge in [-0.1, -0.05) is 27.5 Å². The molecule has 24 heavy (non-hydrogen) atoms. The maximum absolute atomic E-state index is 11.4. The van der Waals surface area contributed by atoms with Gasteiger partial charge in [0, 0.05) is 55.7 Å². The van der Waals surface area contributed by atoms with E-state index in [1.54, 1.807) is 6.92 Å². The molecule has 5 nitrogen and oxygen atoms in total. The largest absolute Gasteiger partial charge is 0.357 e. The Hall–Kier alpha value is -1.27. The Kier molecular flexibility index (Phi) is 7.37. The Balaban J connectivity index is 1.96. The topological polar surface area (TPSA) is 47.9 Å². The maximum Gasteiger partial charge on any atom is 0.219 e. The average molecular weight is 416 g/mol. The minimum absolute atomic E-state index is 0.141. The number of benzene rings is 1. The number of guanidine groups is 1. The molecule has 0 bridgehead atoms. The molecule has 1 aromatic rings. The fraction of sp³-hybridized carbons (Fsp3) is 0.529. The highest BCUT2D eigenvalue weighted by Crippen LogP contribution is 2.21. The zero-order chi connectivity index (χ0) is 17.5. The molecule has 1 N–H and O–H groups in total. The summed E-state index contributed by atoms with van der Waals surface area (Å²) in [6, 6.07) is 5.81. The number of hydrogen-bond acceptors (Lipinski definition) is 2. The van der Waals surface area contributed by atoms with Gasteiger partial charge >= 0.3 is 0 Å². The highest BCUT2D eigenvalue weighted by atomic mass is 79.9. The van der Waals surface area contributed by atoms with Crippen LogP contribution in [0.25, 0.3) is 0 Å². The van der Waals surface area contributed by atoms with Gasteiger partial charge in [-0.05, 0) is 37.1 Å². The second kappa shape index (κ2) is 9.28. The molecule has 132 valence electrons. The number of rotatable bonds is 4. The second-order valence-electron chi connectivity index (χ2n) is 5.71. The first-order chi connectivity index (χ1) is 11.5. The van der Waals surface area contributed by atoms with Crippen LogP contribution in [-0.2, 0) is 11.2 Å². The number of carbonyl (C=O) groups excluding carboxylic acids is 1. The molecule has 2 rings (SSSR count). The Morgan fingerprint density at radius 3 is 2.58 bits per heavy atom. The van der Waals surface area contributed by atoms with Crippen LogP contribution in [0, 0.1) is 0 Å². The third-order valence-electron chi connectivity index (χ3n) is 4.01. The third kappa shape index (κ3) is 5.38. The van der Waals surface area contributed by atoms with E-state index >= 15 is 0 Å². The Morgan fingerprint density at radius 2 is 1.96 bits per heavy atom. The molecular formula is C17H24BrClN4O. The van der Waals surface area contributed by atoms with Crippen LogP contribution in [0.15, 0.2) is 27.7 Å². The third-order valence-corrected chi connectivity index (χ3v) is 5.02. The Bertz CT molecular complexity index is 600. The first-order valence-electron chi connectivity index (χ1n) is 8.24. The highest BCUT2D eigenvalue weighted by molar-refractivity contribution is 9.10. The van der Waals surface area contributed by atoms with Gasteiger partial charge in [-0.25, -0.2) is 0 Å². The van der Waals surface area contributed by atoms with Gasteiger partial charge in [-0.15, -0.1) is 0 Å². The molecule has 1 heterocycles. The molecule has 1 aliphatic rings. The van der Waals surface area contributed by atoms with Gasteiger partial charge in [0.1, 0.15) is 0 Å². The van der Waals surface area contributed by atoms with Crippen molar-refractivity contribution < 1.29 is 4.79 Å². The van der Waals surface area contributed by atoms with Crippen LogP contribution >= 0.6 is 27.5 Å². The molecule has 0 saturated carbocycles. The van der Waals surface area contributed by atoms with Crippen molar-refractivity contribution in [2.75, 3.05) is 39.3 Å². The smallest absolute Gasteiger partial charge is 0.219 e. The van der Waals surface area contributed by atoms with Crippen LogP contribution in [-0.4, -0.2) is 60.9 Å². The Labute approximate surface area is 157 Å². The number of aliphatic imine (C=N–C) groups is 1. The molecule has 0 radical (unpaired) electrons. The summed E-state index contributed by atoms with van der Waals surface area (Å²) in [4.78, 5) is 20.3. The normalized spacial score (nSPS) is 15.6. The maximum atomic E-state index is 11.4. The molecule has 1 aliphatic heterocycles. The summed E-state index contributed by atoms with van der Waals surface area (Å²) in [7, 11) is 0. The van der Waals surface area contributed by atoms with E-state index in [9.17, 15) is 4.79 Å². The number of piperazine rings is 1. The predicted octanol–water partition coefficient (Wildman–Crippen LogP) is 2.77. The molecule has 1 saturated heterocycles. The summed E-state index contributed by atoms with van der Waals surface area (Å²) in [6.45, 7) is 8.32. The van der Waals surface area contributed by atoms with Gasteiger partial charge in [0.25, 0.3) is 0 Å². The quantitative estimate of drug-likeness (QED) is 0.608. The van der Waals surface area contributed by atoms with Crippen molar-refractivity contribution in [1.29, 1.82) is 0 Å². The highest BCUT2D eigenvalue weighted by Gasteiger charge is 2.20. The molecule has 0 aromatic heterocycles. The molecule has 0 atom stereocenters. The van der Waals surface area contributed by atoms with Crippen LogP contribution in [0.1, 0.15) is 19.4 Å². The lowest BCUT2D eigenvalue weighted by Crippen LogP contribution is -2.53. The van der Waals surface area contributed by atoms with E-state index in [-0.39, 0.29) is 5.91 Å². The number of nitrogens with one attached hydrogen (secondary N) is 1. The van der Waals surface area contributed by atoms with Gasteiger partial charge in [0.15, 0.2) is 5.96 Å². The summed E-state index contributed by atoms with van der Waals surface area (Å²) in [5, 5.41) is 4.08. The lowest BCUT2D eigenvalue weighted by Gasteiger charge is -2.36. The van der Waals surface area contributed by atoms with Crippen molar-refractivity contribution in [2.24, 2.45) is 4.99 Å². The summed E-state index contributed by atoms with van der Waals surface area (Å²) in [6.07, 6.45) is 0.823. The second-order valence-corrected chi connectivity index (χ2v) is 7.01. The van der Waals surface area contributed by atoms with Crippen molar-refractivity contribution in [3.63, 3.8) is 0 Å². The first-order valence-corrected chi connectivity index (χ1v) is 9.41. The SMILES string of the molecule is CCNC(=NCCc1cc(Cl)ccc1Br)N1CCN(C(C)=O)CC1. The first kappa shape index (κ1) is 19.1. The van der Waals surface area contributed by atoms with Gasteiger partial charge in [-0.3, -0.25) is 9.79 Å². The summed E-state index contributed by atoms with van der Waals surface area (Å²) < 4.78 is 1.06. The summed E-state index contributed by atoms with van der Waals surface area (Å²) in [5.74, 6) is 1.06. The number of nitrogens with zero attached hydrogens (tertiary/aromatic N) is 3. The average Bonchev–Trinajstić information content (AvgIpc) is 2.57. The Morgan fingerprint density at radius 1 is 1.29 bits per heavy atom. The summed E-state index contributed by atoms with van der Waals surface area (Å²) in [5.41, 5.74) is 1.16. The molecule has 0 unspecified atom stereocenters.